The van der Waals surface area contributed by atoms with Crippen LogP contribution < -0.4 is 5.32 Å². The number of carbonyl (C=O) groups is 1. The Labute approximate surface area is 89.1 Å². The third-order valence-corrected chi connectivity index (χ3v) is 2.89. The van der Waals surface area contributed by atoms with Gasteiger partial charge in [-0.05, 0) is 25.0 Å². The molecule has 0 radical (unpaired) electrons. The molecule has 2 rings (SSSR count). The Hall–Kier alpha value is -1.51. The number of aromatic hydroxyl groups is 1. The minimum Gasteiger partial charge on any atom is -0.506 e. The van der Waals surface area contributed by atoms with Gasteiger partial charge in [-0.15, -0.1) is 0 Å². The van der Waals surface area contributed by atoms with Gasteiger partial charge >= 0.3 is 0 Å². The van der Waals surface area contributed by atoms with E-state index in [9.17, 15) is 9.90 Å². The summed E-state index contributed by atoms with van der Waals surface area (Å²) in [7, 11) is 0. The van der Waals surface area contributed by atoms with Crippen molar-refractivity contribution < 1.29 is 9.90 Å². The Kier molecular flexibility index (Phi) is 2.90. The third kappa shape index (κ3) is 2.29. The van der Waals surface area contributed by atoms with E-state index >= 15 is 0 Å². The molecule has 0 atom stereocenters. The Morgan fingerprint density at radius 2 is 1.93 bits per heavy atom. The monoisotopic (exact) mass is 205 g/mol. The number of amides is 1. The van der Waals surface area contributed by atoms with Crippen molar-refractivity contribution in [1.82, 2.24) is 0 Å². The van der Waals surface area contributed by atoms with Crippen LogP contribution in [-0.2, 0) is 4.79 Å². The molecule has 3 nitrogen and oxygen atoms in total. The van der Waals surface area contributed by atoms with Gasteiger partial charge in [0.15, 0.2) is 0 Å². The highest BCUT2D eigenvalue weighted by molar-refractivity contribution is 5.93. The lowest BCUT2D eigenvalue weighted by molar-refractivity contribution is -0.119. The lowest BCUT2D eigenvalue weighted by atomic mass is 10.1. The highest BCUT2D eigenvalue weighted by atomic mass is 16.3. The molecule has 0 spiro atoms. The predicted octanol–water partition coefficient (Wildman–Crippen LogP) is 2.52. The summed E-state index contributed by atoms with van der Waals surface area (Å²) in [6.07, 6.45) is 4.22. The van der Waals surface area contributed by atoms with Crippen molar-refractivity contribution in [3.05, 3.63) is 24.3 Å². The maximum absolute atomic E-state index is 11.7. The molecular formula is C12H15NO2. The normalized spacial score (nSPS) is 16.5. The maximum Gasteiger partial charge on any atom is 0.227 e. The summed E-state index contributed by atoms with van der Waals surface area (Å²) in [5.41, 5.74) is 0.509. The average molecular weight is 205 g/mol. The molecule has 0 bridgehead atoms. The molecule has 3 heteroatoms. The molecule has 0 heterocycles. The standard InChI is InChI=1S/C12H15NO2/c14-11-8-4-3-7-10(11)13-12(15)9-5-1-2-6-9/h3-4,7-9,14H,1-2,5-6H2,(H,13,15). The van der Waals surface area contributed by atoms with E-state index in [1.54, 1.807) is 24.3 Å². The first-order chi connectivity index (χ1) is 7.27. The van der Waals surface area contributed by atoms with Crippen molar-refractivity contribution in [3.8, 4) is 5.75 Å². The van der Waals surface area contributed by atoms with E-state index in [1.165, 1.54) is 0 Å². The molecule has 2 N–H and O–H groups in total. The summed E-state index contributed by atoms with van der Waals surface area (Å²) < 4.78 is 0. The van der Waals surface area contributed by atoms with E-state index in [0.29, 0.717) is 5.69 Å². The Morgan fingerprint density at radius 3 is 2.60 bits per heavy atom. The lowest BCUT2D eigenvalue weighted by Crippen LogP contribution is -2.20. The Bertz CT molecular complexity index is 356. The second-order valence-electron chi connectivity index (χ2n) is 3.99. The second kappa shape index (κ2) is 4.34. The lowest BCUT2D eigenvalue weighted by Gasteiger charge is -2.11. The number of nitrogens with one attached hydrogen (secondary N) is 1. The molecule has 1 fully saturated rings. The zero-order valence-electron chi connectivity index (χ0n) is 8.57. The number of benzene rings is 1. The molecule has 1 aliphatic carbocycles. The summed E-state index contributed by atoms with van der Waals surface area (Å²) in [6, 6.07) is 6.82. The fraction of sp³-hybridized carbons (Fsp3) is 0.417. The summed E-state index contributed by atoms with van der Waals surface area (Å²) in [5.74, 6) is 0.294. The Morgan fingerprint density at radius 1 is 1.27 bits per heavy atom. The molecule has 0 aromatic heterocycles. The predicted molar refractivity (Wildman–Crippen MR) is 58.7 cm³/mol. The number of hydrogen-bond acceptors (Lipinski definition) is 2. The van der Waals surface area contributed by atoms with Gasteiger partial charge in [0.25, 0.3) is 0 Å². The van der Waals surface area contributed by atoms with E-state index in [-0.39, 0.29) is 17.6 Å². The van der Waals surface area contributed by atoms with Gasteiger partial charge in [-0.2, -0.15) is 0 Å². The molecule has 1 aromatic rings. The number of anilines is 1. The summed E-state index contributed by atoms with van der Waals surface area (Å²) in [4.78, 5) is 11.7. The molecule has 1 amide bonds. The first kappa shape index (κ1) is 10.0. The summed E-state index contributed by atoms with van der Waals surface area (Å²) in [5, 5.41) is 12.3. The van der Waals surface area contributed by atoms with Gasteiger partial charge in [-0.3, -0.25) is 4.79 Å². The highest BCUT2D eigenvalue weighted by Gasteiger charge is 2.22. The van der Waals surface area contributed by atoms with Crippen LogP contribution in [0.3, 0.4) is 0 Å². The zero-order valence-corrected chi connectivity index (χ0v) is 8.57. The van der Waals surface area contributed by atoms with Gasteiger partial charge in [0.05, 0.1) is 5.69 Å². The molecule has 0 saturated heterocycles. The molecule has 1 aromatic carbocycles. The first-order valence-electron chi connectivity index (χ1n) is 5.36. The van der Waals surface area contributed by atoms with E-state index in [1.807, 2.05) is 0 Å². The number of rotatable bonds is 2. The molecule has 0 unspecified atom stereocenters. The van der Waals surface area contributed by atoms with Crippen molar-refractivity contribution in [1.29, 1.82) is 0 Å². The van der Waals surface area contributed by atoms with Crippen molar-refractivity contribution in [2.75, 3.05) is 5.32 Å². The maximum atomic E-state index is 11.7. The van der Waals surface area contributed by atoms with Crippen molar-refractivity contribution >= 4 is 11.6 Å². The van der Waals surface area contributed by atoms with Crippen LogP contribution in [0.5, 0.6) is 5.75 Å². The van der Waals surface area contributed by atoms with Crippen LogP contribution in [-0.4, -0.2) is 11.0 Å². The topological polar surface area (TPSA) is 49.3 Å². The third-order valence-electron chi connectivity index (χ3n) is 2.89. The van der Waals surface area contributed by atoms with Gasteiger partial charge in [0, 0.05) is 5.92 Å². The molecule has 80 valence electrons. The van der Waals surface area contributed by atoms with Gasteiger partial charge in [0.2, 0.25) is 5.91 Å². The largest absolute Gasteiger partial charge is 0.506 e. The highest BCUT2D eigenvalue weighted by Crippen LogP contribution is 2.28. The average Bonchev–Trinajstić information content (AvgIpc) is 2.74. The molecule has 15 heavy (non-hydrogen) atoms. The smallest absolute Gasteiger partial charge is 0.227 e. The van der Waals surface area contributed by atoms with E-state index in [4.69, 9.17) is 0 Å². The van der Waals surface area contributed by atoms with Crippen molar-refractivity contribution in [2.45, 2.75) is 25.7 Å². The minimum atomic E-state index is 0.0361. The number of hydrogen-bond donors (Lipinski definition) is 2. The van der Waals surface area contributed by atoms with Gasteiger partial charge < -0.3 is 10.4 Å². The van der Waals surface area contributed by atoms with E-state index in [0.717, 1.165) is 25.7 Å². The van der Waals surface area contributed by atoms with Crippen LogP contribution >= 0.6 is 0 Å². The van der Waals surface area contributed by atoms with Crippen LogP contribution in [0.1, 0.15) is 25.7 Å². The SMILES string of the molecule is O=C(Nc1ccccc1O)C1CCCC1. The van der Waals surface area contributed by atoms with Crippen LogP contribution in [0.15, 0.2) is 24.3 Å². The fourth-order valence-corrected chi connectivity index (χ4v) is 2.00. The first-order valence-corrected chi connectivity index (χ1v) is 5.36. The number of carbonyl (C=O) groups excluding carboxylic acids is 1. The van der Waals surface area contributed by atoms with Crippen LogP contribution in [0.4, 0.5) is 5.69 Å². The van der Waals surface area contributed by atoms with Crippen molar-refractivity contribution in [3.63, 3.8) is 0 Å². The van der Waals surface area contributed by atoms with Gasteiger partial charge in [-0.1, -0.05) is 25.0 Å². The van der Waals surface area contributed by atoms with E-state index < -0.39 is 0 Å². The molecule has 1 aliphatic rings. The summed E-state index contributed by atoms with van der Waals surface area (Å²) in [6.45, 7) is 0. The second-order valence-corrected chi connectivity index (χ2v) is 3.99. The Balaban J connectivity index is 2.02. The van der Waals surface area contributed by atoms with Gasteiger partial charge in [-0.25, -0.2) is 0 Å². The number of para-hydroxylation sites is 2. The minimum absolute atomic E-state index is 0.0361. The van der Waals surface area contributed by atoms with Crippen molar-refractivity contribution in [2.24, 2.45) is 5.92 Å². The molecule has 1 saturated carbocycles. The number of phenolic OH excluding ortho intramolecular Hbond substituents is 1. The van der Waals surface area contributed by atoms with Gasteiger partial charge in [0.1, 0.15) is 5.75 Å². The summed E-state index contributed by atoms with van der Waals surface area (Å²) >= 11 is 0. The quantitative estimate of drug-likeness (QED) is 0.729. The zero-order chi connectivity index (χ0) is 10.7. The van der Waals surface area contributed by atoms with Crippen LogP contribution in [0.2, 0.25) is 0 Å². The van der Waals surface area contributed by atoms with Crippen LogP contribution in [0, 0.1) is 5.92 Å². The molecule has 0 aliphatic heterocycles. The number of phenols is 1. The fourth-order valence-electron chi connectivity index (χ4n) is 2.00. The van der Waals surface area contributed by atoms with E-state index in [2.05, 4.69) is 5.32 Å². The van der Waals surface area contributed by atoms with Crippen LogP contribution in [0.25, 0.3) is 0 Å². The molecular weight excluding hydrogens is 190 g/mol.